The zero-order valence-corrected chi connectivity index (χ0v) is 11.0. The minimum atomic E-state index is -4.90. The molecule has 1 aromatic rings. The van der Waals surface area contributed by atoms with Crippen molar-refractivity contribution in [2.45, 2.75) is 20.4 Å². The van der Waals surface area contributed by atoms with Crippen LogP contribution in [0, 0.1) is 6.92 Å². The van der Waals surface area contributed by atoms with E-state index in [0.29, 0.717) is 6.54 Å². The van der Waals surface area contributed by atoms with Gasteiger partial charge in [0.05, 0.1) is 0 Å². The van der Waals surface area contributed by atoms with Crippen LogP contribution in [-0.2, 0) is 6.54 Å². The van der Waals surface area contributed by atoms with Gasteiger partial charge in [0.2, 0.25) is 0 Å². The standard InChI is InChI=1S/C6H9BF3N2.K/c1-3-12-4-6(5(2)11-12)7(8,9)10;/h4H,3H2,1-2H3;/q-1;+1. The van der Waals surface area contributed by atoms with Gasteiger partial charge in [-0.1, -0.05) is 5.46 Å². The first-order chi connectivity index (χ1) is 5.45. The van der Waals surface area contributed by atoms with Crippen LogP contribution in [0.4, 0.5) is 12.9 Å². The van der Waals surface area contributed by atoms with Gasteiger partial charge >= 0.3 is 58.4 Å². The minimum Gasteiger partial charge on any atom is -0.445 e. The van der Waals surface area contributed by atoms with Gasteiger partial charge in [0.1, 0.15) is 0 Å². The third kappa shape index (κ3) is 3.39. The van der Waals surface area contributed by atoms with E-state index in [1.54, 1.807) is 6.92 Å². The Labute approximate surface area is 117 Å². The molecule has 0 aliphatic heterocycles. The summed E-state index contributed by atoms with van der Waals surface area (Å²) in [5, 5.41) is 3.71. The van der Waals surface area contributed by atoms with Crippen LogP contribution in [0.25, 0.3) is 0 Å². The summed E-state index contributed by atoms with van der Waals surface area (Å²) < 4.78 is 37.9. The molecule has 0 aromatic carbocycles. The number of aromatic nitrogens is 2. The van der Waals surface area contributed by atoms with E-state index in [9.17, 15) is 12.9 Å². The van der Waals surface area contributed by atoms with Gasteiger partial charge in [-0.15, -0.1) is 0 Å². The molecule has 7 heteroatoms. The molecule has 0 spiro atoms. The van der Waals surface area contributed by atoms with Crippen LogP contribution in [0.3, 0.4) is 0 Å². The van der Waals surface area contributed by atoms with E-state index < -0.39 is 12.4 Å². The molecule has 0 bridgehead atoms. The fourth-order valence-electron chi connectivity index (χ4n) is 1.02. The van der Waals surface area contributed by atoms with E-state index in [1.807, 2.05) is 0 Å². The van der Waals surface area contributed by atoms with Gasteiger partial charge in [-0.05, 0) is 20.0 Å². The third-order valence-corrected chi connectivity index (χ3v) is 1.66. The van der Waals surface area contributed by atoms with Gasteiger partial charge in [0.15, 0.2) is 0 Å². The molecule has 0 unspecified atom stereocenters. The second-order valence-corrected chi connectivity index (χ2v) is 2.60. The first kappa shape index (κ1) is 13.7. The molecule has 0 N–H and O–H groups in total. The Hall–Kier alpha value is 0.701. The molecule has 0 aliphatic rings. The second kappa shape index (κ2) is 4.97. The third-order valence-electron chi connectivity index (χ3n) is 1.66. The van der Waals surface area contributed by atoms with Crippen molar-refractivity contribution in [3.05, 3.63) is 11.9 Å². The summed E-state index contributed by atoms with van der Waals surface area (Å²) in [7, 11) is 0. The molecule has 0 saturated heterocycles. The quantitative estimate of drug-likeness (QED) is 0.537. The van der Waals surface area contributed by atoms with Gasteiger partial charge < -0.3 is 12.9 Å². The Kier molecular flexibility index (Phi) is 5.24. The molecule has 1 heterocycles. The molecule has 0 saturated carbocycles. The van der Waals surface area contributed by atoms with Crippen LogP contribution in [0.1, 0.15) is 12.6 Å². The summed E-state index contributed by atoms with van der Waals surface area (Å²) >= 11 is 0. The topological polar surface area (TPSA) is 17.8 Å². The molecular formula is C6H9BF3KN2. The minimum absolute atomic E-state index is 0. The molecule has 0 fully saturated rings. The molecule has 0 atom stereocenters. The van der Waals surface area contributed by atoms with E-state index in [1.165, 1.54) is 11.6 Å². The van der Waals surface area contributed by atoms with Crippen molar-refractivity contribution in [2.75, 3.05) is 0 Å². The number of hydrogen-bond acceptors (Lipinski definition) is 1. The van der Waals surface area contributed by atoms with Crippen molar-refractivity contribution in [3.63, 3.8) is 0 Å². The molecule has 13 heavy (non-hydrogen) atoms. The number of hydrogen-bond donors (Lipinski definition) is 0. The average molecular weight is 216 g/mol. The maximum Gasteiger partial charge on any atom is 1.00 e. The van der Waals surface area contributed by atoms with Gasteiger partial charge in [-0.3, -0.25) is 4.68 Å². The monoisotopic (exact) mass is 216 g/mol. The molecule has 0 radical (unpaired) electrons. The molecular weight excluding hydrogens is 207 g/mol. The van der Waals surface area contributed by atoms with Crippen LogP contribution in [0.2, 0.25) is 0 Å². The van der Waals surface area contributed by atoms with Crippen LogP contribution >= 0.6 is 0 Å². The SMILES string of the molecule is CCn1cc([B-](F)(F)F)c(C)n1.[K+]. The Morgan fingerprint density at radius 1 is 1.46 bits per heavy atom. The summed E-state index contributed by atoms with van der Waals surface area (Å²) in [6.45, 7) is -1.31. The van der Waals surface area contributed by atoms with Crippen LogP contribution in [-0.4, -0.2) is 16.8 Å². The van der Waals surface area contributed by atoms with Crippen molar-refractivity contribution in [2.24, 2.45) is 0 Å². The zero-order chi connectivity index (χ0) is 9.35. The van der Waals surface area contributed by atoms with Crippen LogP contribution < -0.4 is 56.8 Å². The average Bonchev–Trinajstić information content (AvgIpc) is 2.29. The van der Waals surface area contributed by atoms with Crippen molar-refractivity contribution >= 4 is 12.4 Å². The predicted molar refractivity (Wildman–Crippen MR) is 41.4 cm³/mol. The molecule has 2 nitrogen and oxygen atoms in total. The number of halogens is 3. The molecule has 0 aliphatic carbocycles. The predicted octanol–water partition coefficient (Wildman–Crippen LogP) is -1.73. The maximum atomic E-state index is 12.2. The molecule has 0 amide bonds. The Morgan fingerprint density at radius 2 is 2.00 bits per heavy atom. The van der Waals surface area contributed by atoms with Gasteiger partial charge in [0.25, 0.3) is 0 Å². The summed E-state index contributed by atoms with van der Waals surface area (Å²) in [6, 6.07) is 0. The number of nitrogens with zero attached hydrogens (tertiary/aromatic N) is 2. The van der Waals surface area contributed by atoms with Crippen molar-refractivity contribution < 1.29 is 64.3 Å². The van der Waals surface area contributed by atoms with Crippen molar-refractivity contribution in [1.29, 1.82) is 0 Å². The zero-order valence-electron chi connectivity index (χ0n) is 7.89. The summed E-state index contributed by atoms with van der Waals surface area (Å²) in [6.07, 6.45) is 1.05. The van der Waals surface area contributed by atoms with E-state index >= 15 is 0 Å². The summed E-state index contributed by atoms with van der Waals surface area (Å²) in [5.74, 6) is 0. The van der Waals surface area contributed by atoms with Crippen molar-refractivity contribution in [1.82, 2.24) is 9.78 Å². The van der Waals surface area contributed by atoms with E-state index in [4.69, 9.17) is 0 Å². The Balaban J connectivity index is 0.00000144. The summed E-state index contributed by atoms with van der Waals surface area (Å²) in [5.41, 5.74) is -0.527. The van der Waals surface area contributed by atoms with Crippen LogP contribution in [0.15, 0.2) is 6.20 Å². The largest absolute Gasteiger partial charge is 1.00 e. The molecule has 68 valence electrons. The first-order valence-electron chi connectivity index (χ1n) is 3.69. The van der Waals surface area contributed by atoms with Gasteiger partial charge in [-0.25, -0.2) is 0 Å². The molecule has 1 rings (SSSR count). The van der Waals surface area contributed by atoms with E-state index in [0.717, 1.165) is 6.20 Å². The van der Waals surface area contributed by atoms with E-state index in [-0.39, 0.29) is 57.1 Å². The number of rotatable bonds is 2. The Morgan fingerprint density at radius 3 is 2.23 bits per heavy atom. The van der Waals surface area contributed by atoms with E-state index in [2.05, 4.69) is 5.10 Å². The van der Waals surface area contributed by atoms with Gasteiger partial charge in [0, 0.05) is 12.2 Å². The fraction of sp³-hybridized carbons (Fsp3) is 0.500. The van der Waals surface area contributed by atoms with Gasteiger partial charge in [-0.2, -0.15) is 5.10 Å². The molecule has 1 aromatic heterocycles. The van der Waals surface area contributed by atoms with Crippen molar-refractivity contribution in [3.8, 4) is 0 Å². The Bertz CT molecular complexity index is 284. The van der Waals surface area contributed by atoms with Crippen LogP contribution in [0.5, 0.6) is 0 Å². The first-order valence-corrected chi connectivity index (χ1v) is 3.69. The normalized spacial score (nSPS) is 11.2. The summed E-state index contributed by atoms with van der Waals surface area (Å²) in [4.78, 5) is 0. The fourth-order valence-corrected chi connectivity index (χ4v) is 1.02. The number of aryl methyl sites for hydroxylation is 2. The maximum absolute atomic E-state index is 12.2. The smallest absolute Gasteiger partial charge is 0.445 e. The second-order valence-electron chi connectivity index (χ2n) is 2.60.